The fourth-order valence-electron chi connectivity index (χ4n) is 1.97. The van der Waals surface area contributed by atoms with E-state index in [9.17, 15) is 0 Å². The fraction of sp³-hybridized carbons (Fsp3) is 0.235. The minimum Gasteiger partial charge on any atom is -0.493 e. The van der Waals surface area contributed by atoms with E-state index in [-0.39, 0.29) is 0 Å². The molecule has 0 fully saturated rings. The highest BCUT2D eigenvalue weighted by Crippen LogP contribution is 2.27. The van der Waals surface area contributed by atoms with Crippen LogP contribution in [-0.4, -0.2) is 31.7 Å². The molecule has 1 N–H and O–H groups in total. The van der Waals surface area contributed by atoms with Gasteiger partial charge in [-0.2, -0.15) is 0 Å². The highest BCUT2D eigenvalue weighted by Gasteiger charge is 2.06. The minimum absolute atomic E-state index is 0.345. The SMILES string of the molecule is COc1ccc(/C=N/O)cc1OCCOc1ccc(Cl)c(C)c1. The van der Waals surface area contributed by atoms with Crippen molar-refractivity contribution in [3.63, 3.8) is 0 Å². The van der Waals surface area contributed by atoms with Crippen molar-refractivity contribution in [2.24, 2.45) is 5.16 Å². The summed E-state index contributed by atoms with van der Waals surface area (Å²) in [5.74, 6) is 1.90. The van der Waals surface area contributed by atoms with Gasteiger partial charge in [0, 0.05) is 10.6 Å². The zero-order valence-corrected chi connectivity index (χ0v) is 13.7. The number of oxime groups is 1. The molecule has 122 valence electrons. The summed E-state index contributed by atoms with van der Waals surface area (Å²) < 4.78 is 16.5. The summed E-state index contributed by atoms with van der Waals surface area (Å²) in [7, 11) is 1.56. The normalized spacial score (nSPS) is 10.7. The van der Waals surface area contributed by atoms with Gasteiger partial charge in [0.2, 0.25) is 0 Å². The molecule has 0 aliphatic rings. The highest BCUT2D eigenvalue weighted by atomic mass is 35.5. The third-order valence-electron chi connectivity index (χ3n) is 3.13. The van der Waals surface area contributed by atoms with Gasteiger partial charge in [-0.05, 0) is 48.9 Å². The van der Waals surface area contributed by atoms with Gasteiger partial charge in [0.15, 0.2) is 11.5 Å². The Balaban J connectivity index is 1.92. The Bertz CT molecular complexity index is 688. The first-order chi connectivity index (χ1) is 11.1. The van der Waals surface area contributed by atoms with Crippen molar-refractivity contribution in [2.75, 3.05) is 20.3 Å². The second-order valence-electron chi connectivity index (χ2n) is 4.76. The smallest absolute Gasteiger partial charge is 0.161 e. The molecule has 0 unspecified atom stereocenters. The van der Waals surface area contributed by atoms with E-state index in [1.165, 1.54) is 6.21 Å². The van der Waals surface area contributed by atoms with Crippen LogP contribution in [-0.2, 0) is 0 Å². The molecule has 0 aromatic heterocycles. The molecule has 0 aliphatic heterocycles. The van der Waals surface area contributed by atoms with Crippen LogP contribution in [0.2, 0.25) is 5.02 Å². The molecule has 5 nitrogen and oxygen atoms in total. The monoisotopic (exact) mass is 335 g/mol. The molecule has 0 saturated carbocycles. The Morgan fingerprint density at radius 3 is 2.57 bits per heavy atom. The van der Waals surface area contributed by atoms with Crippen LogP contribution < -0.4 is 14.2 Å². The zero-order chi connectivity index (χ0) is 16.7. The molecule has 0 saturated heterocycles. The maximum absolute atomic E-state index is 8.59. The summed E-state index contributed by atoms with van der Waals surface area (Å²) in [5, 5.41) is 12.3. The first kappa shape index (κ1) is 17.0. The Kier molecular flexibility index (Phi) is 6.11. The average molecular weight is 336 g/mol. The second-order valence-corrected chi connectivity index (χ2v) is 5.17. The molecule has 2 aromatic carbocycles. The van der Waals surface area contributed by atoms with Gasteiger partial charge in [-0.25, -0.2) is 0 Å². The lowest BCUT2D eigenvalue weighted by Crippen LogP contribution is -2.09. The van der Waals surface area contributed by atoms with E-state index in [2.05, 4.69) is 5.16 Å². The predicted molar refractivity (Wildman–Crippen MR) is 89.6 cm³/mol. The van der Waals surface area contributed by atoms with Gasteiger partial charge in [-0.1, -0.05) is 16.8 Å². The zero-order valence-electron chi connectivity index (χ0n) is 13.0. The van der Waals surface area contributed by atoms with Gasteiger partial charge < -0.3 is 19.4 Å². The molecule has 2 rings (SSSR count). The topological polar surface area (TPSA) is 60.3 Å². The molecule has 2 aromatic rings. The van der Waals surface area contributed by atoms with Crippen LogP contribution in [0.25, 0.3) is 0 Å². The molecule has 6 heteroatoms. The maximum atomic E-state index is 8.59. The molecular weight excluding hydrogens is 318 g/mol. The number of ether oxygens (including phenoxy) is 3. The summed E-state index contributed by atoms with van der Waals surface area (Å²) in [4.78, 5) is 0. The average Bonchev–Trinajstić information content (AvgIpc) is 2.55. The van der Waals surface area contributed by atoms with E-state index in [0.29, 0.717) is 35.3 Å². The summed E-state index contributed by atoms with van der Waals surface area (Å²) >= 11 is 5.97. The Hall–Kier alpha value is -2.40. The van der Waals surface area contributed by atoms with Crippen molar-refractivity contribution in [3.05, 3.63) is 52.5 Å². The third kappa shape index (κ3) is 4.79. The molecule has 0 atom stereocenters. The van der Waals surface area contributed by atoms with Crippen LogP contribution in [0.3, 0.4) is 0 Å². The van der Waals surface area contributed by atoms with E-state index in [1.54, 1.807) is 31.4 Å². The molecule has 23 heavy (non-hydrogen) atoms. The van der Waals surface area contributed by atoms with Crippen molar-refractivity contribution in [1.82, 2.24) is 0 Å². The summed E-state index contributed by atoms with van der Waals surface area (Å²) in [6.45, 7) is 2.64. The molecule has 0 radical (unpaired) electrons. The van der Waals surface area contributed by atoms with Gasteiger partial charge >= 0.3 is 0 Å². The Labute approximate surface area is 140 Å². The van der Waals surface area contributed by atoms with Crippen LogP contribution in [0.5, 0.6) is 17.2 Å². The third-order valence-corrected chi connectivity index (χ3v) is 3.56. The summed E-state index contributed by atoms with van der Waals surface area (Å²) in [5.41, 5.74) is 1.67. The van der Waals surface area contributed by atoms with Gasteiger partial charge in [-0.15, -0.1) is 0 Å². The largest absolute Gasteiger partial charge is 0.493 e. The first-order valence-corrected chi connectivity index (χ1v) is 7.39. The lowest BCUT2D eigenvalue weighted by molar-refractivity contribution is 0.211. The standard InChI is InChI=1S/C17H18ClNO4/c1-12-9-14(4-5-15(12)18)22-7-8-23-17-10-13(11-19-20)3-6-16(17)21-2/h3-6,9-11,20H,7-8H2,1-2H3/b19-11+. The van der Waals surface area contributed by atoms with E-state index in [0.717, 1.165) is 11.3 Å². The summed E-state index contributed by atoms with van der Waals surface area (Å²) in [6, 6.07) is 10.7. The van der Waals surface area contributed by atoms with Gasteiger partial charge in [0.05, 0.1) is 13.3 Å². The van der Waals surface area contributed by atoms with Gasteiger partial charge in [0.1, 0.15) is 19.0 Å². The quantitative estimate of drug-likeness (QED) is 0.360. The van der Waals surface area contributed by atoms with E-state index in [1.807, 2.05) is 19.1 Å². The minimum atomic E-state index is 0.345. The molecule has 0 heterocycles. The second kappa shape index (κ2) is 8.29. The molecule has 0 amide bonds. The Morgan fingerprint density at radius 1 is 1.09 bits per heavy atom. The van der Waals surface area contributed by atoms with Crippen molar-refractivity contribution in [2.45, 2.75) is 6.92 Å². The lowest BCUT2D eigenvalue weighted by atomic mass is 10.2. The van der Waals surface area contributed by atoms with Crippen molar-refractivity contribution in [1.29, 1.82) is 0 Å². The molecule has 0 spiro atoms. The summed E-state index contributed by atoms with van der Waals surface area (Å²) in [6.07, 6.45) is 1.32. The number of rotatable bonds is 7. The van der Waals surface area contributed by atoms with Crippen molar-refractivity contribution in [3.8, 4) is 17.2 Å². The molecule has 0 bridgehead atoms. The first-order valence-electron chi connectivity index (χ1n) is 7.01. The number of nitrogens with zero attached hydrogens (tertiary/aromatic N) is 1. The fourth-order valence-corrected chi connectivity index (χ4v) is 2.09. The van der Waals surface area contributed by atoms with E-state index < -0.39 is 0 Å². The van der Waals surface area contributed by atoms with Crippen molar-refractivity contribution >= 4 is 17.8 Å². The van der Waals surface area contributed by atoms with Crippen LogP contribution in [0.1, 0.15) is 11.1 Å². The number of halogens is 1. The number of aryl methyl sites for hydroxylation is 1. The number of methoxy groups -OCH3 is 1. The van der Waals surface area contributed by atoms with Gasteiger partial charge in [0.25, 0.3) is 0 Å². The number of hydrogen-bond donors (Lipinski definition) is 1. The van der Waals surface area contributed by atoms with E-state index >= 15 is 0 Å². The van der Waals surface area contributed by atoms with Crippen LogP contribution in [0.4, 0.5) is 0 Å². The van der Waals surface area contributed by atoms with Gasteiger partial charge in [-0.3, -0.25) is 0 Å². The van der Waals surface area contributed by atoms with Crippen LogP contribution in [0.15, 0.2) is 41.6 Å². The van der Waals surface area contributed by atoms with Crippen LogP contribution in [0, 0.1) is 6.92 Å². The Morgan fingerprint density at radius 2 is 1.87 bits per heavy atom. The highest BCUT2D eigenvalue weighted by molar-refractivity contribution is 6.31. The maximum Gasteiger partial charge on any atom is 0.161 e. The van der Waals surface area contributed by atoms with Crippen LogP contribution >= 0.6 is 11.6 Å². The van der Waals surface area contributed by atoms with Crippen molar-refractivity contribution < 1.29 is 19.4 Å². The molecule has 0 aliphatic carbocycles. The lowest BCUT2D eigenvalue weighted by Gasteiger charge is -2.12. The van der Waals surface area contributed by atoms with E-state index in [4.69, 9.17) is 31.0 Å². The number of hydrogen-bond acceptors (Lipinski definition) is 5. The molecular formula is C17H18ClNO4. The predicted octanol–water partition coefficient (Wildman–Crippen LogP) is 3.92. The number of benzene rings is 2.